The van der Waals surface area contributed by atoms with Gasteiger partial charge in [-0.05, 0) is 25.2 Å². The Balaban J connectivity index is 3.96. The second kappa shape index (κ2) is 47.3. The summed E-state index contributed by atoms with van der Waals surface area (Å²) in [6.07, 6.45) is 52.3. The number of alkyl carbamates (subject to hydrolysis) is 1. The van der Waals surface area contributed by atoms with Crippen LogP contribution in [0.2, 0.25) is 0 Å². The van der Waals surface area contributed by atoms with Gasteiger partial charge in [-0.25, -0.2) is 4.79 Å². The molecule has 318 valence electrons. The predicted octanol–water partition coefficient (Wildman–Crippen LogP) is 15.9. The van der Waals surface area contributed by atoms with Crippen LogP contribution in [0, 0.1) is 5.92 Å². The van der Waals surface area contributed by atoms with Gasteiger partial charge in [-0.2, -0.15) is 0 Å². The lowest BCUT2D eigenvalue weighted by Crippen LogP contribution is -2.28. The molecular weight excluding hydrogens is 655 g/mol. The molecule has 1 N–H and O–H groups in total. The Morgan fingerprint density at radius 3 is 1.06 bits per heavy atom. The highest BCUT2D eigenvalue weighted by atomic mass is 16.5. The van der Waals surface area contributed by atoms with Gasteiger partial charge in [0.15, 0.2) is 0 Å². The predicted molar refractivity (Wildman–Crippen MR) is 232 cm³/mol. The number of ether oxygens (including phenoxy) is 3. The van der Waals surface area contributed by atoms with Crippen molar-refractivity contribution in [3.8, 4) is 0 Å². The molecule has 0 aliphatic heterocycles. The summed E-state index contributed by atoms with van der Waals surface area (Å²) in [5.74, 6) is 0.496. The van der Waals surface area contributed by atoms with E-state index >= 15 is 0 Å². The van der Waals surface area contributed by atoms with Crippen molar-refractivity contribution in [2.24, 2.45) is 5.92 Å². The number of rotatable bonds is 46. The monoisotopic (exact) mass is 752 g/mol. The first-order chi connectivity index (χ1) is 26.2. The van der Waals surface area contributed by atoms with E-state index in [2.05, 4.69) is 19.2 Å². The topological polar surface area (TPSA) is 56.8 Å². The molecule has 0 aromatic rings. The third-order valence-electron chi connectivity index (χ3n) is 11.3. The second-order valence-corrected chi connectivity index (χ2v) is 16.6. The molecule has 0 aromatic heterocycles. The number of hydrogen-bond acceptors (Lipinski definition) is 4. The van der Waals surface area contributed by atoms with E-state index < -0.39 is 0 Å². The molecule has 0 aliphatic carbocycles. The van der Waals surface area contributed by atoms with Gasteiger partial charge in [0.05, 0.1) is 19.8 Å². The molecule has 0 spiro atoms. The normalized spacial score (nSPS) is 12.1. The lowest BCUT2D eigenvalue weighted by molar-refractivity contribution is 0.0689. The summed E-state index contributed by atoms with van der Waals surface area (Å²) in [7, 11) is 1.68. The largest absolute Gasteiger partial charge is 0.449 e. The van der Waals surface area contributed by atoms with E-state index in [-0.39, 0.29) is 6.09 Å². The van der Waals surface area contributed by atoms with Crippen molar-refractivity contribution in [1.29, 1.82) is 0 Å². The summed E-state index contributed by atoms with van der Waals surface area (Å²) in [4.78, 5) is 12.4. The molecule has 53 heavy (non-hydrogen) atoms. The summed E-state index contributed by atoms with van der Waals surface area (Å²) in [6.45, 7) is 7.59. The minimum absolute atomic E-state index is 0.271. The quantitative estimate of drug-likeness (QED) is 0.0629. The molecule has 1 amide bonds. The van der Waals surface area contributed by atoms with Crippen LogP contribution in [0.15, 0.2) is 0 Å². The molecular formula is C48H97NO4. The van der Waals surface area contributed by atoms with Crippen LogP contribution in [-0.2, 0) is 14.2 Å². The van der Waals surface area contributed by atoms with E-state index in [9.17, 15) is 4.79 Å². The van der Waals surface area contributed by atoms with Gasteiger partial charge >= 0.3 is 6.09 Å². The number of amides is 1. The van der Waals surface area contributed by atoms with Crippen LogP contribution in [0.5, 0.6) is 0 Å². The van der Waals surface area contributed by atoms with Gasteiger partial charge in [0.2, 0.25) is 0 Å². The molecule has 0 rings (SSSR count). The number of methoxy groups -OCH3 is 1. The fourth-order valence-corrected chi connectivity index (χ4v) is 7.66. The summed E-state index contributed by atoms with van der Waals surface area (Å²) in [5, 5.41) is 2.91. The maximum atomic E-state index is 12.4. The van der Waals surface area contributed by atoms with Crippen LogP contribution in [0.1, 0.15) is 258 Å². The SMILES string of the molecule is CCCCCCCCCCCCCCCCCCCCC(CCCCCCCCCCCCCCCCCCC)COC(=O)NCCCOCCOC. The zero-order chi connectivity index (χ0) is 38.4. The van der Waals surface area contributed by atoms with Crippen molar-refractivity contribution in [3.63, 3.8) is 0 Å². The van der Waals surface area contributed by atoms with Crippen LogP contribution in [0.3, 0.4) is 0 Å². The minimum atomic E-state index is -0.271. The summed E-state index contributed by atoms with van der Waals surface area (Å²) in [5.41, 5.74) is 0. The highest BCUT2D eigenvalue weighted by molar-refractivity contribution is 5.67. The molecule has 0 aromatic carbocycles. The summed E-state index contributed by atoms with van der Waals surface area (Å²) < 4.78 is 16.2. The fourth-order valence-electron chi connectivity index (χ4n) is 7.66. The molecule has 0 saturated carbocycles. The smallest absolute Gasteiger partial charge is 0.407 e. The summed E-state index contributed by atoms with van der Waals surface area (Å²) in [6, 6.07) is 0. The molecule has 5 nitrogen and oxygen atoms in total. The highest BCUT2D eigenvalue weighted by Gasteiger charge is 2.12. The van der Waals surface area contributed by atoms with Crippen LogP contribution < -0.4 is 5.32 Å². The van der Waals surface area contributed by atoms with Gasteiger partial charge in [0.1, 0.15) is 0 Å². The molecule has 5 heteroatoms. The van der Waals surface area contributed by atoms with E-state index in [1.54, 1.807) is 7.11 Å². The van der Waals surface area contributed by atoms with E-state index in [0.717, 1.165) is 6.42 Å². The van der Waals surface area contributed by atoms with Gasteiger partial charge in [0.25, 0.3) is 0 Å². The Labute approximate surface area is 333 Å². The molecule has 0 aliphatic rings. The minimum Gasteiger partial charge on any atom is -0.449 e. The van der Waals surface area contributed by atoms with Gasteiger partial charge in [0, 0.05) is 20.3 Å². The second-order valence-electron chi connectivity index (χ2n) is 16.6. The zero-order valence-electron chi connectivity index (χ0n) is 36.6. The van der Waals surface area contributed by atoms with Crippen molar-refractivity contribution >= 4 is 6.09 Å². The number of nitrogens with one attached hydrogen (secondary N) is 1. The van der Waals surface area contributed by atoms with Crippen molar-refractivity contribution in [2.45, 2.75) is 258 Å². The van der Waals surface area contributed by atoms with E-state index in [1.807, 2.05) is 0 Å². The van der Waals surface area contributed by atoms with Gasteiger partial charge in [-0.1, -0.05) is 239 Å². The van der Waals surface area contributed by atoms with Crippen molar-refractivity contribution in [2.75, 3.05) is 40.1 Å². The molecule has 0 bridgehead atoms. The van der Waals surface area contributed by atoms with Crippen LogP contribution in [0.25, 0.3) is 0 Å². The molecule has 0 saturated heterocycles. The third-order valence-corrected chi connectivity index (χ3v) is 11.3. The first-order valence-electron chi connectivity index (χ1n) is 24.2. The maximum absolute atomic E-state index is 12.4. The number of hydrogen-bond donors (Lipinski definition) is 1. The third kappa shape index (κ3) is 45.5. The van der Waals surface area contributed by atoms with E-state index in [0.29, 0.717) is 38.9 Å². The van der Waals surface area contributed by atoms with Gasteiger partial charge < -0.3 is 19.5 Å². The lowest BCUT2D eigenvalue weighted by Gasteiger charge is -2.17. The number of unbranched alkanes of at least 4 members (excludes halogenated alkanes) is 33. The van der Waals surface area contributed by atoms with Crippen molar-refractivity contribution in [1.82, 2.24) is 5.32 Å². The maximum Gasteiger partial charge on any atom is 0.407 e. The van der Waals surface area contributed by atoms with Gasteiger partial charge in [-0.15, -0.1) is 0 Å². The number of carbonyl (C=O) groups is 1. The first-order valence-corrected chi connectivity index (χ1v) is 24.2. The summed E-state index contributed by atoms with van der Waals surface area (Å²) >= 11 is 0. The Hall–Kier alpha value is -0.810. The van der Waals surface area contributed by atoms with Crippen molar-refractivity contribution in [3.05, 3.63) is 0 Å². The lowest BCUT2D eigenvalue weighted by atomic mass is 9.94. The highest BCUT2D eigenvalue weighted by Crippen LogP contribution is 2.21. The average molecular weight is 752 g/mol. The average Bonchev–Trinajstić information content (AvgIpc) is 3.16. The molecule has 1 atom stereocenters. The molecule has 1 unspecified atom stereocenters. The molecule has 0 fully saturated rings. The number of carbonyl (C=O) groups excluding carboxylic acids is 1. The fraction of sp³-hybridized carbons (Fsp3) is 0.979. The Kier molecular flexibility index (Phi) is 46.6. The van der Waals surface area contributed by atoms with E-state index in [1.165, 1.54) is 238 Å². The molecule has 0 radical (unpaired) electrons. The van der Waals surface area contributed by atoms with Gasteiger partial charge in [-0.3, -0.25) is 0 Å². The van der Waals surface area contributed by atoms with Crippen LogP contribution in [-0.4, -0.2) is 46.2 Å². The van der Waals surface area contributed by atoms with Crippen molar-refractivity contribution < 1.29 is 19.0 Å². The van der Waals surface area contributed by atoms with E-state index in [4.69, 9.17) is 14.2 Å². The Bertz CT molecular complexity index is 674. The zero-order valence-corrected chi connectivity index (χ0v) is 36.6. The first kappa shape index (κ1) is 52.2. The van der Waals surface area contributed by atoms with Crippen LogP contribution >= 0.6 is 0 Å². The Morgan fingerprint density at radius 2 is 0.736 bits per heavy atom. The standard InChI is InChI=1S/C48H97NO4/c1-4-6-8-10-12-14-16-18-20-22-24-26-28-30-32-34-36-38-41-47(46-53-48(50)49-42-39-43-52-45-44-51-3)40-37-35-33-31-29-27-25-23-21-19-17-15-13-11-9-7-5-2/h47H,4-46H2,1-3H3,(H,49,50). The Morgan fingerprint density at radius 1 is 0.415 bits per heavy atom. The molecule has 0 heterocycles. The van der Waals surface area contributed by atoms with Crippen LogP contribution in [0.4, 0.5) is 4.79 Å².